The molecule has 0 spiro atoms. The first-order valence-corrected chi connectivity index (χ1v) is 5.66. The van der Waals surface area contributed by atoms with E-state index < -0.39 is 0 Å². The van der Waals surface area contributed by atoms with Crippen molar-refractivity contribution in [1.82, 2.24) is 15.0 Å². The summed E-state index contributed by atoms with van der Waals surface area (Å²) in [6, 6.07) is 5.91. The molecule has 0 unspecified atom stereocenters. The predicted octanol–water partition coefficient (Wildman–Crippen LogP) is 1.66. The smallest absolute Gasteiger partial charge is 0.178 e. The molecule has 0 aliphatic heterocycles. The molecule has 17 heavy (non-hydrogen) atoms. The average Bonchev–Trinajstić information content (AvgIpc) is 2.28. The van der Waals surface area contributed by atoms with Gasteiger partial charge in [-0.1, -0.05) is 0 Å². The monoisotopic (exact) mass is 228 g/mol. The van der Waals surface area contributed by atoms with Gasteiger partial charge in [0.05, 0.1) is 0 Å². The van der Waals surface area contributed by atoms with E-state index in [0.29, 0.717) is 12.4 Å². The Balaban J connectivity index is 2.44. The number of nitrogens with two attached hydrogens (primary N) is 1. The molecule has 2 aromatic rings. The van der Waals surface area contributed by atoms with Crippen LogP contribution < -0.4 is 5.73 Å². The number of rotatable bonds is 3. The van der Waals surface area contributed by atoms with Crippen LogP contribution in [-0.4, -0.2) is 21.5 Å². The quantitative estimate of drug-likeness (QED) is 0.867. The zero-order valence-corrected chi connectivity index (χ0v) is 10.1. The van der Waals surface area contributed by atoms with E-state index in [1.165, 1.54) is 0 Å². The summed E-state index contributed by atoms with van der Waals surface area (Å²) in [5, 5.41) is 0. The van der Waals surface area contributed by atoms with Gasteiger partial charge in [-0.2, -0.15) is 0 Å². The highest BCUT2D eigenvalue weighted by Crippen LogP contribution is 2.14. The molecule has 2 aromatic heterocycles. The first kappa shape index (κ1) is 11.7. The molecule has 2 rings (SSSR count). The molecule has 0 saturated carbocycles. The molecule has 0 saturated heterocycles. The molecule has 0 aromatic carbocycles. The van der Waals surface area contributed by atoms with Crippen LogP contribution in [0.5, 0.6) is 0 Å². The Morgan fingerprint density at radius 3 is 2.71 bits per heavy atom. The van der Waals surface area contributed by atoms with E-state index in [-0.39, 0.29) is 0 Å². The van der Waals surface area contributed by atoms with Crippen LogP contribution >= 0.6 is 0 Å². The molecular formula is C13H16N4. The summed E-state index contributed by atoms with van der Waals surface area (Å²) >= 11 is 0. The van der Waals surface area contributed by atoms with Crippen molar-refractivity contribution >= 4 is 0 Å². The summed E-state index contributed by atoms with van der Waals surface area (Å²) in [6.45, 7) is 4.58. The second-order valence-corrected chi connectivity index (χ2v) is 4.08. The third kappa shape index (κ3) is 2.85. The van der Waals surface area contributed by atoms with Crippen molar-refractivity contribution in [1.29, 1.82) is 0 Å². The summed E-state index contributed by atoms with van der Waals surface area (Å²) in [6.07, 6.45) is 2.54. The fourth-order valence-electron chi connectivity index (χ4n) is 1.68. The lowest BCUT2D eigenvalue weighted by Crippen LogP contribution is -2.06. The van der Waals surface area contributed by atoms with Crippen LogP contribution in [0.1, 0.15) is 17.0 Å². The molecule has 2 heterocycles. The fraction of sp³-hybridized carbons (Fsp3) is 0.308. The SMILES string of the molecule is Cc1ccnc(-c2nc(C)cc(CCN)n2)c1. The molecule has 88 valence electrons. The van der Waals surface area contributed by atoms with E-state index in [2.05, 4.69) is 15.0 Å². The number of aryl methyl sites for hydroxylation is 2. The Morgan fingerprint density at radius 2 is 2.00 bits per heavy atom. The Morgan fingerprint density at radius 1 is 1.18 bits per heavy atom. The lowest BCUT2D eigenvalue weighted by molar-refractivity contribution is 0.902. The molecule has 0 amide bonds. The van der Waals surface area contributed by atoms with Crippen molar-refractivity contribution in [2.45, 2.75) is 20.3 Å². The van der Waals surface area contributed by atoms with E-state index in [1.54, 1.807) is 6.20 Å². The van der Waals surface area contributed by atoms with E-state index >= 15 is 0 Å². The van der Waals surface area contributed by atoms with Crippen molar-refractivity contribution in [3.63, 3.8) is 0 Å². The van der Waals surface area contributed by atoms with Crippen LogP contribution in [0.25, 0.3) is 11.5 Å². The summed E-state index contributed by atoms with van der Waals surface area (Å²) in [5.74, 6) is 0.678. The standard InChI is InChI=1S/C13H16N4/c1-9-4-6-15-12(7-9)13-16-10(2)8-11(17-13)3-5-14/h4,6-8H,3,5,14H2,1-2H3. The molecule has 4 heteroatoms. The van der Waals surface area contributed by atoms with Crippen molar-refractivity contribution in [2.75, 3.05) is 6.54 Å². The first-order chi connectivity index (χ1) is 8.19. The van der Waals surface area contributed by atoms with Gasteiger partial charge in [-0.05, 0) is 44.2 Å². The van der Waals surface area contributed by atoms with Gasteiger partial charge in [0.2, 0.25) is 0 Å². The number of aromatic nitrogens is 3. The molecule has 0 radical (unpaired) electrons. The van der Waals surface area contributed by atoms with Crippen LogP contribution in [0, 0.1) is 13.8 Å². The molecule has 0 aliphatic rings. The van der Waals surface area contributed by atoms with Crippen molar-refractivity contribution < 1.29 is 0 Å². The van der Waals surface area contributed by atoms with Gasteiger partial charge in [-0.25, -0.2) is 9.97 Å². The maximum atomic E-state index is 5.55. The van der Waals surface area contributed by atoms with Gasteiger partial charge >= 0.3 is 0 Å². The van der Waals surface area contributed by atoms with E-state index in [4.69, 9.17) is 5.73 Å². The minimum Gasteiger partial charge on any atom is -0.330 e. The third-order valence-corrected chi connectivity index (χ3v) is 2.45. The number of hydrogen-bond donors (Lipinski definition) is 1. The van der Waals surface area contributed by atoms with Gasteiger partial charge < -0.3 is 5.73 Å². The maximum Gasteiger partial charge on any atom is 0.178 e. The van der Waals surface area contributed by atoms with Gasteiger partial charge in [-0.15, -0.1) is 0 Å². The van der Waals surface area contributed by atoms with Crippen LogP contribution in [0.3, 0.4) is 0 Å². The lowest BCUT2D eigenvalue weighted by Gasteiger charge is -2.05. The summed E-state index contributed by atoms with van der Waals surface area (Å²) < 4.78 is 0. The molecular weight excluding hydrogens is 212 g/mol. The minimum atomic E-state index is 0.594. The second-order valence-electron chi connectivity index (χ2n) is 4.08. The van der Waals surface area contributed by atoms with Crippen molar-refractivity contribution in [2.24, 2.45) is 5.73 Å². The van der Waals surface area contributed by atoms with Crippen LogP contribution in [0.2, 0.25) is 0 Å². The Labute approximate surface area is 101 Å². The van der Waals surface area contributed by atoms with Crippen LogP contribution in [0.4, 0.5) is 0 Å². The number of pyridine rings is 1. The average molecular weight is 228 g/mol. The Kier molecular flexibility index (Phi) is 3.44. The van der Waals surface area contributed by atoms with E-state index in [0.717, 1.165) is 29.1 Å². The van der Waals surface area contributed by atoms with Crippen molar-refractivity contribution in [3.05, 3.63) is 41.3 Å². The minimum absolute atomic E-state index is 0.594. The Bertz CT molecular complexity index is 523. The van der Waals surface area contributed by atoms with Gasteiger partial charge in [0.25, 0.3) is 0 Å². The highest BCUT2D eigenvalue weighted by atomic mass is 14.9. The molecule has 0 aliphatic carbocycles. The maximum absolute atomic E-state index is 5.55. The van der Waals surface area contributed by atoms with E-state index in [1.807, 2.05) is 32.0 Å². The normalized spacial score (nSPS) is 10.5. The predicted molar refractivity (Wildman–Crippen MR) is 67.5 cm³/mol. The summed E-state index contributed by atoms with van der Waals surface area (Å²) in [4.78, 5) is 13.2. The summed E-state index contributed by atoms with van der Waals surface area (Å²) in [7, 11) is 0. The van der Waals surface area contributed by atoms with E-state index in [9.17, 15) is 0 Å². The zero-order valence-electron chi connectivity index (χ0n) is 10.1. The molecule has 4 nitrogen and oxygen atoms in total. The molecule has 0 fully saturated rings. The van der Waals surface area contributed by atoms with Crippen LogP contribution in [-0.2, 0) is 6.42 Å². The Hall–Kier alpha value is -1.81. The number of nitrogens with zero attached hydrogens (tertiary/aromatic N) is 3. The highest BCUT2D eigenvalue weighted by Gasteiger charge is 2.06. The van der Waals surface area contributed by atoms with Gasteiger partial charge in [0, 0.05) is 24.0 Å². The first-order valence-electron chi connectivity index (χ1n) is 5.66. The highest BCUT2D eigenvalue weighted by molar-refractivity contribution is 5.50. The second kappa shape index (κ2) is 5.01. The topological polar surface area (TPSA) is 64.7 Å². The van der Waals surface area contributed by atoms with Gasteiger partial charge in [0.1, 0.15) is 5.69 Å². The fourth-order valence-corrected chi connectivity index (χ4v) is 1.68. The summed E-state index contributed by atoms with van der Waals surface area (Å²) in [5.41, 5.74) is 9.43. The molecule has 2 N–H and O–H groups in total. The largest absolute Gasteiger partial charge is 0.330 e. The van der Waals surface area contributed by atoms with Gasteiger partial charge in [0.15, 0.2) is 5.82 Å². The van der Waals surface area contributed by atoms with Crippen molar-refractivity contribution in [3.8, 4) is 11.5 Å². The van der Waals surface area contributed by atoms with Gasteiger partial charge in [-0.3, -0.25) is 4.98 Å². The lowest BCUT2D eigenvalue weighted by atomic mass is 10.2. The third-order valence-electron chi connectivity index (χ3n) is 2.45. The molecule has 0 bridgehead atoms. The van der Waals surface area contributed by atoms with Crippen LogP contribution in [0.15, 0.2) is 24.4 Å². The number of hydrogen-bond acceptors (Lipinski definition) is 4. The molecule has 0 atom stereocenters. The zero-order chi connectivity index (χ0) is 12.3.